The van der Waals surface area contributed by atoms with Crippen molar-refractivity contribution in [1.82, 2.24) is 0 Å². The van der Waals surface area contributed by atoms with Gasteiger partial charge in [-0.3, -0.25) is 0 Å². The molecule has 43 valence electrons. The van der Waals surface area contributed by atoms with Crippen LogP contribution in [-0.2, 0) is 17.1 Å². The maximum atomic E-state index is 8.60. The van der Waals surface area contributed by atoms with Crippen LogP contribution in [0.3, 0.4) is 0 Å². The van der Waals surface area contributed by atoms with E-state index < -0.39 is 10.2 Å². The van der Waals surface area contributed by atoms with Gasteiger partial charge in [-0.2, -0.15) is 14.0 Å². The molecule has 0 aromatic rings. The molecule has 0 atom stereocenters. The van der Waals surface area contributed by atoms with Gasteiger partial charge in [0.25, 0.3) is 0 Å². The van der Waals surface area contributed by atoms with Crippen molar-refractivity contribution in [1.29, 1.82) is 0 Å². The number of halogens is 1. The molecular weight excluding hydrogens is 163 g/mol. The fraction of sp³-hybridized carbons (Fsp3) is 0. The second kappa shape index (κ2) is 2.76. The normalized spacial score (nSPS) is 10.0. The summed E-state index contributed by atoms with van der Waals surface area (Å²) >= 11 is 0. The SMILES string of the molecule is [Cu].[O-][Cl+3]([O-])([O-])O. The second-order valence-electron chi connectivity index (χ2n) is 0.396. The van der Waals surface area contributed by atoms with Crippen molar-refractivity contribution < 1.29 is 45.9 Å². The Morgan fingerprint density at radius 2 is 1.17 bits per heavy atom. The largest absolute Gasteiger partial charge is 0.183 e. The average Bonchev–Trinajstić information content (AvgIpc) is 0.722. The van der Waals surface area contributed by atoms with E-state index in [0.29, 0.717) is 0 Å². The quantitative estimate of drug-likeness (QED) is 0.368. The molecule has 6 heavy (non-hydrogen) atoms. The van der Waals surface area contributed by atoms with Crippen LogP contribution in [0.15, 0.2) is 0 Å². The Kier molecular flexibility index (Phi) is 4.52. The van der Waals surface area contributed by atoms with Gasteiger partial charge >= 0.3 is 0 Å². The molecule has 0 bridgehead atoms. The van der Waals surface area contributed by atoms with Crippen LogP contribution < -0.4 is 14.0 Å². The third-order valence-corrected chi connectivity index (χ3v) is 0. The first-order chi connectivity index (χ1) is 2.00. The van der Waals surface area contributed by atoms with E-state index in [-0.39, 0.29) is 17.1 Å². The van der Waals surface area contributed by atoms with Gasteiger partial charge in [0, 0.05) is 17.1 Å². The fourth-order valence-corrected chi connectivity index (χ4v) is 0. The molecule has 0 spiro atoms. The second-order valence-corrected chi connectivity index (χ2v) is 1.19. The molecule has 4 nitrogen and oxygen atoms in total. The summed E-state index contributed by atoms with van der Waals surface area (Å²) in [5.41, 5.74) is 0. The van der Waals surface area contributed by atoms with Gasteiger partial charge in [-0.15, -0.1) is 0 Å². The molecule has 6 heteroatoms. The summed E-state index contributed by atoms with van der Waals surface area (Å²) in [5, 5.41) is 0. The summed E-state index contributed by atoms with van der Waals surface area (Å²) < 4.78 is 32.7. The Morgan fingerprint density at radius 1 is 1.17 bits per heavy atom. The van der Waals surface area contributed by atoms with Gasteiger partial charge in [-0.05, 0) is 0 Å². The Balaban J connectivity index is 0. The van der Waals surface area contributed by atoms with Crippen molar-refractivity contribution >= 4 is 0 Å². The molecule has 1 N–H and O–H groups in total. The third-order valence-electron chi connectivity index (χ3n) is 0. The topological polar surface area (TPSA) is 89.4 Å². The van der Waals surface area contributed by atoms with E-state index in [1.54, 1.807) is 0 Å². The zero-order valence-electron chi connectivity index (χ0n) is 2.35. The van der Waals surface area contributed by atoms with Crippen LogP contribution in [0.2, 0.25) is 0 Å². The number of hydrogen-bond acceptors (Lipinski definition) is 4. The minimum atomic E-state index is -4.69. The maximum absolute atomic E-state index is 8.60. The van der Waals surface area contributed by atoms with Gasteiger partial charge in [0.05, 0.1) is 14.9 Å². The molecule has 0 unspecified atom stereocenters. The smallest absolute Gasteiger partial charge is 0.0777 e. The molecule has 0 aromatic heterocycles. The van der Waals surface area contributed by atoms with E-state index in [1.165, 1.54) is 0 Å². The summed E-state index contributed by atoms with van der Waals surface area (Å²) in [6.45, 7) is 0. The number of rotatable bonds is 0. The molecular formula is HClCuO4. The van der Waals surface area contributed by atoms with E-state index in [2.05, 4.69) is 0 Å². The monoisotopic (exact) mass is 163 g/mol. The molecule has 0 heterocycles. The van der Waals surface area contributed by atoms with E-state index >= 15 is 0 Å². The summed E-state index contributed by atoms with van der Waals surface area (Å²) in [6.07, 6.45) is 0. The van der Waals surface area contributed by atoms with Crippen LogP contribution in [0.5, 0.6) is 0 Å². The first-order valence-electron chi connectivity index (χ1n) is 0.632. The molecule has 0 saturated carbocycles. The zero-order valence-corrected chi connectivity index (χ0v) is 4.05. The van der Waals surface area contributed by atoms with Gasteiger partial charge < -0.3 is 0 Å². The Morgan fingerprint density at radius 3 is 1.17 bits per heavy atom. The van der Waals surface area contributed by atoms with Crippen molar-refractivity contribution in [2.24, 2.45) is 0 Å². The van der Waals surface area contributed by atoms with Crippen LogP contribution in [-0.4, -0.2) is 4.66 Å². The van der Waals surface area contributed by atoms with Crippen LogP contribution in [0, 0.1) is 10.2 Å². The molecule has 1 radical (unpaired) electrons. The molecule has 0 saturated heterocycles. The fourth-order valence-electron chi connectivity index (χ4n) is 0. The molecule has 0 amide bonds. The van der Waals surface area contributed by atoms with Crippen LogP contribution in [0.1, 0.15) is 0 Å². The minimum Gasteiger partial charge on any atom is -0.183 e. The summed E-state index contributed by atoms with van der Waals surface area (Å²) in [6, 6.07) is 0. The summed E-state index contributed by atoms with van der Waals surface area (Å²) in [4.78, 5) is 0. The molecule has 0 aromatic carbocycles. The first-order valence-corrected chi connectivity index (χ1v) is 1.90. The summed E-state index contributed by atoms with van der Waals surface area (Å²) in [7, 11) is -4.69. The van der Waals surface area contributed by atoms with E-state index in [4.69, 9.17) is 18.6 Å². The first kappa shape index (κ1) is 9.82. The molecule has 0 fully saturated rings. The molecule has 0 rings (SSSR count). The van der Waals surface area contributed by atoms with Crippen LogP contribution >= 0.6 is 0 Å². The number of hydrogen-bond donors (Lipinski definition) is 1. The standard InChI is InChI=1S/ClHO4.Cu/c2-1(3,4)5;/h(H,2,3,4,5);. The van der Waals surface area contributed by atoms with Gasteiger partial charge in [0.1, 0.15) is 0 Å². The minimum absolute atomic E-state index is 0. The molecule has 0 aliphatic carbocycles. The Bertz CT molecular complexity index is 23.0. The van der Waals surface area contributed by atoms with Gasteiger partial charge in [-0.1, -0.05) is 0 Å². The van der Waals surface area contributed by atoms with Crippen molar-refractivity contribution in [3.8, 4) is 0 Å². The van der Waals surface area contributed by atoms with Crippen LogP contribution in [0.25, 0.3) is 0 Å². The molecule has 0 aliphatic rings. The predicted molar refractivity (Wildman–Crippen MR) is 2.22 cm³/mol. The van der Waals surface area contributed by atoms with Crippen LogP contribution in [0.4, 0.5) is 0 Å². The van der Waals surface area contributed by atoms with E-state index in [0.717, 1.165) is 0 Å². The van der Waals surface area contributed by atoms with Crippen molar-refractivity contribution in [2.45, 2.75) is 0 Å². The van der Waals surface area contributed by atoms with Crippen molar-refractivity contribution in [3.63, 3.8) is 0 Å². The van der Waals surface area contributed by atoms with Gasteiger partial charge in [-0.25, -0.2) is 0 Å². The molecule has 0 aliphatic heterocycles. The summed E-state index contributed by atoms with van der Waals surface area (Å²) in [5.74, 6) is 0. The third kappa shape index (κ3) is 147. The van der Waals surface area contributed by atoms with E-state index in [1.807, 2.05) is 0 Å². The Labute approximate surface area is 46.6 Å². The average molecular weight is 164 g/mol. The van der Waals surface area contributed by atoms with Crippen molar-refractivity contribution in [3.05, 3.63) is 0 Å². The van der Waals surface area contributed by atoms with E-state index in [9.17, 15) is 0 Å². The predicted octanol–water partition coefficient (Wildman–Crippen LogP) is -4.13. The maximum Gasteiger partial charge on any atom is 0.0777 e. The zero-order chi connectivity index (χ0) is 4.50. The Hall–Kier alpha value is 0.649. The van der Waals surface area contributed by atoms with Crippen molar-refractivity contribution in [2.75, 3.05) is 0 Å². The van der Waals surface area contributed by atoms with Gasteiger partial charge in [0.15, 0.2) is 0 Å². The van der Waals surface area contributed by atoms with Gasteiger partial charge in [0.2, 0.25) is 0 Å².